The summed E-state index contributed by atoms with van der Waals surface area (Å²) >= 11 is 0. The highest BCUT2D eigenvalue weighted by Gasteiger charge is 2.14. The van der Waals surface area contributed by atoms with Crippen molar-refractivity contribution >= 4 is 39.2 Å². The minimum atomic E-state index is 1.05. The summed E-state index contributed by atoms with van der Waals surface area (Å²) in [6.45, 7) is 0. The molecule has 9 aromatic rings. The molecular weight excluding hydrogens is 653 g/mol. The van der Waals surface area contributed by atoms with Crippen LogP contribution in [0.15, 0.2) is 224 Å². The van der Waals surface area contributed by atoms with Gasteiger partial charge in [-0.25, -0.2) is 0 Å². The highest BCUT2D eigenvalue weighted by atomic mass is 15.1. The van der Waals surface area contributed by atoms with Crippen LogP contribution in [-0.2, 0) is 0 Å². The Balaban J connectivity index is 0.991. The van der Waals surface area contributed by atoms with E-state index >= 15 is 0 Å². The van der Waals surface area contributed by atoms with Crippen LogP contribution < -0.4 is 10.2 Å². The van der Waals surface area contributed by atoms with E-state index in [1.807, 2.05) is 0 Å². The first-order valence-corrected chi connectivity index (χ1v) is 18.4. The zero-order valence-electron chi connectivity index (χ0n) is 29.8. The molecule has 0 fully saturated rings. The van der Waals surface area contributed by atoms with Crippen molar-refractivity contribution in [1.82, 2.24) is 0 Å². The minimum absolute atomic E-state index is 1.05. The quantitative estimate of drug-likeness (QED) is 0.162. The van der Waals surface area contributed by atoms with E-state index in [9.17, 15) is 0 Å². The fourth-order valence-corrected chi connectivity index (χ4v) is 7.31. The Labute approximate surface area is 317 Å². The van der Waals surface area contributed by atoms with Crippen LogP contribution in [0.25, 0.3) is 55.3 Å². The molecule has 0 saturated carbocycles. The molecule has 54 heavy (non-hydrogen) atoms. The van der Waals surface area contributed by atoms with Gasteiger partial charge in [-0.1, -0.05) is 170 Å². The van der Waals surface area contributed by atoms with Crippen LogP contribution in [0.1, 0.15) is 0 Å². The molecule has 0 unspecified atom stereocenters. The summed E-state index contributed by atoms with van der Waals surface area (Å²) in [5, 5.41) is 6.19. The van der Waals surface area contributed by atoms with Crippen LogP contribution in [0.4, 0.5) is 28.4 Å². The van der Waals surface area contributed by atoms with Gasteiger partial charge >= 0.3 is 0 Å². The molecule has 9 rings (SSSR count). The van der Waals surface area contributed by atoms with Gasteiger partial charge in [0, 0.05) is 34.0 Å². The van der Waals surface area contributed by atoms with E-state index in [2.05, 4.69) is 235 Å². The molecule has 0 atom stereocenters. The van der Waals surface area contributed by atoms with Gasteiger partial charge in [-0.15, -0.1) is 0 Å². The molecule has 256 valence electrons. The van der Waals surface area contributed by atoms with Crippen molar-refractivity contribution in [3.05, 3.63) is 224 Å². The molecule has 0 heterocycles. The molecule has 0 bridgehead atoms. The van der Waals surface area contributed by atoms with Gasteiger partial charge in [0.2, 0.25) is 0 Å². The van der Waals surface area contributed by atoms with Crippen molar-refractivity contribution < 1.29 is 0 Å². The summed E-state index contributed by atoms with van der Waals surface area (Å²) in [6.07, 6.45) is 0. The lowest BCUT2D eigenvalue weighted by molar-refractivity contribution is 1.28. The molecule has 0 saturated heterocycles. The smallest absolute Gasteiger partial charge is 0.0464 e. The lowest BCUT2D eigenvalue weighted by Gasteiger charge is -2.26. The Morgan fingerprint density at radius 1 is 0.278 bits per heavy atom. The van der Waals surface area contributed by atoms with Crippen LogP contribution in [0.3, 0.4) is 0 Å². The topological polar surface area (TPSA) is 15.3 Å². The van der Waals surface area contributed by atoms with E-state index in [1.165, 1.54) is 55.3 Å². The Morgan fingerprint density at radius 3 is 1.20 bits per heavy atom. The van der Waals surface area contributed by atoms with Gasteiger partial charge in [-0.2, -0.15) is 0 Å². The molecule has 0 aliphatic carbocycles. The van der Waals surface area contributed by atoms with Gasteiger partial charge in [0.1, 0.15) is 0 Å². The average molecular weight is 691 g/mol. The first-order valence-electron chi connectivity index (χ1n) is 18.4. The molecule has 0 spiro atoms. The van der Waals surface area contributed by atoms with Crippen molar-refractivity contribution in [2.75, 3.05) is 10.2 Å². The molecule has 0 aromatic heterocycles. The number of rotatable bonds is 9. The predicted octanol–water partition coefficient (Wildman–Crippen LogP) is 14.7. The maximum absolute atomic E-state index is 3.70. The van der Waals surface area contributed by atoms with Gasteiger partial charge in [0.05, 0.1) is 0 Å². The second-order valence-electron chi connectivity index (χ2n) is 13.5. The molecule has 2 nitrogen and oxygen atoms in total. The van der Waals surface area contributed by atoms with E-state index in [0.29, 0.717) is 0 Å². The van der Waals surface area contributed by atoms with Gasteiger partial charge in [0.25, 0.3) is 0 Å². The Bertz CT molecular complexity index is 2540. The Kier molecular flexibility index (Phi) is 8.99. The average Bonchev–Trinajstić information content (AvgIpc) is 3.25. The fraction of sp³-hybridized carbons (Fsp3) is 0. The van der Waals surface area contributed by atoms with Crippen molar-refractivity contribution in [1.29, 1.82) is 0 Å². The first-order chi connectivity index (χ1) is 26.8. The molecule has 0 amide bonds. The molecule has 2 heteroatoms. The van der Waals surface area contributed by atoms with Crippen molar-refractivity contribution in [3.8, 4) is 44.5 Å². The molecule has 0 radical (unpaired) electrons. The summed E-state index contributed by atoms with van der Waals surface area (Å²) in [7, 11) is 0. The minimum Gasteiger partial charge on any atom is -0.355 e. The molecule has 0 aliphatic heterocycles. The number of nitrogens with zero attached hydrogens (tertiary/aromatic N) is 1. The second kappa shape index (κ2) is 14.8. The summed E-state index contributed by atoms with van der Waals surface area (Å²) in [6, 6.07) is 80.0. The molecule has 1 N–H and O–H groups in total. The standard InChI is InChI=1S/C52H38N2/c1-3-12-38(13-4-1)41-24-32-46(33-25-41)54(47-34-26-42(27-35-47)39-14-5-2-6-15-39)48-36-28-43(29-37-48)40-22-30-45(31-23-40)53-52-21-10-9-19-51(52)50-20-11-17-44-16-7-8-18-49(44)50/h1-37,53H. The monoisotopic (exact) mass is 690 g/mol. The van der Waals surface area contributed by atoms with E-state index in [0.717, 1.165) is 28.4 Å². The SMILES string of the molecule is c1ccc(-c2ccc(N(c3ccc(-c4ccccc4)cc3)c3ccc(-c4ccc(Nc5ccccc5-c5cccc6ccccc56)cc4)cc3)cc2)cc1. The van der Waals surface area contributed by atoms with Crippen LogP contribution in [0.2, 0.25) is 0 Å². The predicted molar refractivity (Wildman–Crippen MR) is 230 cm³/mol. The third-order valence-corrected chi connectivity index (χ3v) is 10.1. The number of nitrogens with one attached hydrogen (secondary N) is 1. The largest absolute Gasteiger partial charge is 0.355 e. The molecular formula is C52H38N2. The summed E-state index contributed by atoms with van der Waals surface area (Å²) in [4.78, 5) is 2.33. The zero-order chi connectivity index (χ0) is 36.1. The second-order valence-corrected chi connectivity index (χ2v) is 13.5. The van der Waals surface area contributed by atoms with Gasteiger partial charge < -0.3 is 10.2 Å². The number of anilines is 5. The van der Waals surface area contributed by atoms with E-state index < -0.39 is 0 Å². The van der Waals surface area contributed by atoms with E-state index in [4.69, 9.17) is 0 Å². The Morgan fingerprint density at radius 2 is 0.667 bits per heavy atom. The first kappa shape index (κ1) is 32.7. The normalized spacial score (nSPS) is 11.0. The van der Waals surface area contributed by atoms with Crippen LogP contribution in [-0.4, -0.2) is 0 Å². The number of para-hydroxylation sites is 1. The highest BCUT2D eigenvalue weighted by Crippen LogP contribution is 2.39. The number of benzene rings is 9. The highest BCUT2D eigenvalue weighted by molar-refractivity contribution is 6.00. The maximum Gasteiger partial charge on any atom is 0.0464 e. The van der Waals surface area contributed by atoms with Crippen LogP contribution in [0.5, 0.6) is 0 Å². The number of hydrogen-bond acceptors (Lipinski definition) is 2. The van der Waals surface area contributed by atoms with Crippen LogP contribution >= 0.6 is 0 Å². The molecule has 0 aliphatic rings. The van der Waals surface area contributed by atoms with Crippen molar-refractivity contribution in [3.63, 3.8) is 0 Å². The number of hydrogen-bond donors (Lipinski definition) is 1. The fourth-order valence-electron chi connectivity index (χ4n) is 7.31. The summed E-state index contributed by atoms with van der Waals surface area (Å²) in [5.74, 6) is 0. The van der Waals surface area contributed by atoms with E-state index in [1.54, 1.807) is 0 Å². The summed E-state index contributed by atoms with van der Waals surface area (Å²) in [5.41, 5.74) is 15.0. The lowest BCUT2D eigenvalue weighted by atomic mass is 9.97. The van der Waals surface area contributed by atoms with Gasteiger partial charge in [-0.05, 0) is 104 Å². The third-order valence-electron chi connectivity index (χ3n) is 10.1. The maximum atomic E-state index is 3.70. The Hall–Kier alpha value is -7.16. The summed E-state index contributed by atoms with van der Waals surface area (Å²) < 4.78 is 0. The van der Waals surface area contributed by atoms with E-state index in [-0.39, 0.29) is 0 Å². The van der Waals surface area contributed by atoms with Gasteiger partial charge in [-0.3, -0.25) is 0 Å². The lowest BCUT2D eigenvalue weighted by Crippen LogP contribution is -2.09. The molecule has 9 aromatic carbocycles. The van der Waals surface area contributed by atoms with Crippen LogP contribution in [0, 0.1) is 0 Å². The number of fused-ring (bicyclic) bond motifs is 1. The third kappa shape index (κ3) is 6.77. The van der Waals surface area contributed by atoms with Gasteiger partial charge in [0.15, 0.2) is 0 Å². The van der Waals surface area contributed by atoms with Crippen molar-refractivity contribution in [2.45, 2.75) is 0 Å². The zero-order valence-corrected chi connectivity index (χ0v) is 29.8. The van der Waals surface area contributed by atoms with Crippen molar-refractivity contribution in [2.24, 2.45) is 0 Å².